The van der Waals surface area contributed by atoms with Crippen LogP contribution in [-0.2, 0) is 16.6 Å². The number of carbonyl (C=O) groups excluding carboxylic acids is 1. The largest absolute Gasteiger partial charge is 0.455 e. The second kappa shape index (κ2) is 8.99. The fraction of sp³-hybridized carbons (Fsp3) is 0.450. The predicted molar refractivity (Wildman–Crippen MR) is 98.8 cm³/mol. The number of furan rings is 1. The maximum absolute atomic E-state index is 12.4. The summed E-state index contributed by atoms with van der Waals surface area (Å²) in [6.45, 7) is 0. The third-order valence-electron chi connectivity index (χ3n) is 4.61. The van der Waals surface area contributed by atoms with Crippen molar-refractivity contribution in [3.05, 3.63) is 54.0 Å². The molecule has 1 aliphatic rings. The zero-order chi connectivity index (χ0) is 17.5. The summed E-state index contributed by atoms with van der Waals surface area (Å²) in [6, 6.07) is 12.9. The van der Waals surface area contributed by atoms with E-state index in [9.17, 15) is 9.00 Å². The molecule has 5 heteroatoms. The minimum Gasteiger partial charge on any atom is -0.455 e. The zero-order valence-electron chi connectivity index (χ0n) is 14.4. The van der Waals surface area contributed by atoms with E-state index in [1.807, 2.05) is 30.3 Å². The van der Waals surface area contributed by atoms with Gasteiger partial charge in [0.05, 0.1) is 16.6 Å². The molecule has 2 aromatic rings. The monoisotopic (exact) mass is 359 g/mol. The minimum atomic E-state index is -1.17. The number of nitrogens with one attached hydrogen (secondary N) is 1. The summed E-state index contributed by atoms with van der Waals surface area (Å²) in [6.07, 6.45) is 8.23. The van der Waals surface area contributed by atoms with Crippen molar-refractivity contribution in [2.24, 2.45) is 0 Å². The third-order valence-corrected chi connectivity index (χ3v) is 5.95. The average molecular weight is 359 g/mol. The molecule has 1 atom stereocenters. The van der Waals surface area contributed by atoms with Gasteiger partial charge in [-0.1, -0.05) is 50.3 Å². The molecule has 3 rings (SSSR count). The van der Waals surface area contributed by atoms with Crippen LogP contribution in [0.25, 0.3) is 0 Å². The predicted octanol–water partition coefficient (Wildman–Crippen LogP) is 4.43. The summed E-state index contributed by atoms with van der Waals surface area (Å²) in [7, 11) is -1.17. The average Bonchev–Trinajstić information content (AvgIpc) is 3.06. The lowest BCUT2D eigenvalue weighted by molar-refractivity contribution is 0.0901. The smallest absolute Gasteiger partial charge is 0.287 e. The fourth-order valence-electron chi connectivity index (χ4n) is 3.22. The van der Waals surface area contributed by atoms with Gasteiger partial charge >= 0.3 is 0 Å². The first-order valence-electron chi connectivity index (χ1n) is 9.05. The van der Waals surface area contributed by atoms with Gasteiger partial charge in [-0.15, -0.1) is 0 Å². The number of benzene rings is 1. The van der Waals surface area contributed by atoms with Crippen molar-refractivity contribution in [1.82, 2.24) is 5.32 Å². The number of amides is 1. The molecule has 1 aromatic carbocycles. The molecule has 0 radical (unpaired) electrons. The Morgan fingerprint density at radius 2 is 1.68 bits per heavy atom. The summed E-state index contributed by atoms with van der Waals surface area (Å²) < 4.78 is 18.0. The minimum absolute atomic E-state index is 0.165. The molecule has 0 unspecified atom stereocenters. The lowest BCUT2D eigenvalue weighted by atomic mass is 9.97. The Labute approximate surface area is 151 Å². The van der Waals surface area contributed by atoms with E-state index in [-0.39, 0.29) is 17.7 Å². The van der Waals surface area contributed by atoms with Gasteiger partial charge in [-0.3, -0.25) is 9.00 Å². The molecule has 1 heterocycles. The zero-order valence-corrected chi connectivity index (χ0v) is 15.2. The Hall–Kier alpha value is -1.88. The Morgan fingerprint density at radius 3 is 2.40 bits per heavy atom. The summed E-state index contributed by atoms with van der Waals surface area (Å²) in [5.74, 6) is 0.996. The second-order valence-corrected chi connectivity index (χ2v) is 8.04. The van der Waals surface area contributed by atoms with Gasteiger partial charge in [0.15, 0.2) is 5.76 Å². The van der Waals surface area contributed by atoms with Gasteiger partial charge in [-0.25, -0.2) is 0 Å². The van der Waals surface area contributed by atoms with Crippen molar-refractivity contribution in [3.63, 3.8) is 0 Å². The van der Waals surface area contributed by atoms with E-state index in [0.29, 0.717) is 11.5 Å². The highest BCUT2D eigenvalue weighted by atomic mass is 32.2. The molecule has 4 nitrogen and oxygen atoms in total. The van der Waals surface area contributed by atoms with Gasteiger partial charge in [0.1, 0.15) is 5.76 Å². The van der Waals surface area contributed by atoms with Crippen LogP contribution in [-0.4, -0.2) is 16.2 Å². The topological polar surface area (TPSA) is 59.3 Å². The molecule has 134 valence electrons. The van der Waals surface area contributed by atoms with Crippen LogP contribution in [0, 0.1) is 0 Å². The van der Waals surface area contributed by atoms with Crippen LogP contribution in [0.1, 0.15) is 61.3 Å². The molecule has 1 aromatic heterocycles. The van der Waals surface area contributed by atoms with E-state index < -0.39 is 10.8 Å². The van der Waals surface area contributed by atoms with Gasteiger partial charge < -0.3 is 9.73 Å². The number of rotatable bonds is 5. The van der Waals surface area contributed by atoms with Crippen LogP contribution in [0.5, 0.6) is 0 Å². The second-order valence-electron chi connectivity index (χ2n) is 6.58. The highest BCUT2D eigenvalue weighted by Gasteiger charge is 2.18. The molecule has 1 N–H and O–H groups in total. The van der Waals surface area contributed by atoms with Crippen molar-refractivity contribution in [2.75, 3.05) is 0 Å². The van der Waals surface area contributed by atoms with E-state index in [1.54, 1.807) is 12.1 Å². The van der Waals surface area contributed by atoms with Crippen molar-refractivity contribution >= 4 is 16.7 Å². The van der Waals surface area contributed by atoms with Crippen molar-refractivity contribution in [3.8, 4) is 0 Å². The number of hydrogen-bond acceptors (Lipinski definition) is 3. The highest BCUT2D eigenvalue weighted by molar-refractivity contribution is 7.84. The van der Waals surface area contributed by atoms with E-state index >= 15 is 0 Å². The maximum Gasteiger partial charge on any atom is 0.287 e. The van der Waals surface area contributed by atoms with E-state index in [4.69, 9.17) is 4.42 Å². The van der Waals surface area contributed by atoms with Crippen LogP contribution in [0.2, 0.25) is 0 Å². The molecule has 0 aliphatic heterocycles. The molecule has 0 bridgehead atoms. The quantitative estimate of drug-likeness (QED) is 0.859. The molecule has 1 saturated carbocycles. The lowest BCUT2D eigenvalue weighted by Crippen LogP contribution is -2.35. The summed E-state index contributed by atoms with van der Waals surface area (Å²) in [4.78, 5) is 13.2. The van der Waals surface area contributed by atoms with Crippen LogP contribution in [0.4, 0.5) is 0 Å². The molecule has 0 spiro atoms. The van der Waals surface area contributed by atoms with Crippen molar-refractivity contribution in [2.45, 2.75) is 61.6 Å². The van der Waals surface area contributed by atoms with Crippen LogP contribution >= 0.6 is 0 Å². The highest BCUT2D eigenvalue weighted by Crippen LogP contribution is 2.19. The summed E-state index contributed by atoms with van der Waals surface area (Å²) in [5.41, 5.74) is 0. The number of hydrogen-bond donors (Lipinski definition) is 1. The van der Waals surface area contributed by atoms with E-state index in [1.165, 1.54) is 32.1 Å². The van der Waals surface area contributed by atoms with Crippen LogP contribution in [0.15, 0.2) is 51.8 Å². The van der Waals surface area contributed by atoms with Gasteiger partial charge in [0, 0.05) is 10.9 Å². The maximum atomic E-state index is 12.4. The molecule has 1 amide bonds. The van der Waals surface area contributed by atoms with Crippen molar-refractivity contribution < 1.29 is 13.4 Å². The number of carbonyl (C=O) groups is 1. The van der Waals surface area contributed by atoms with Gasteiger partial charge in [-0.05, 0) is 37.1 Å². The Kier molecular flexibility index (Phi) is 6.45. The summed E-state index contributed by atoms with van der Waals surface area (Å²) >= 11 is 0. The molecule has 1 fully saturated rings. The standard InChI is InChI=1S/C20H25NO3S/c22-20(21-16-9-5-2-1-3-6-10-16)19-14-13-17(24-19)15-25(23)18-11-7-4-8-12-18/h4,7-8,11-14,16H,1-3,5-6,9-10,15H2,(H,21,22)/t25-/m0/s1. The van der Waals surface area contributed by atoms with E-state index in [0.717, 1.165) is 17.7 Å². The van der Waals surface area contributed by atoms with Gasteiger partial charge in [0.25, 0.3) is 5.91 Å². The molecule has 0 saturated heterocycles. The summed E-state index contributed by atoms with van der Waals surface area (Å²) in [5, 5.41) is 3.09. The Morgan fingerprint density at radius 1 is 1.00 bits per heavy atom. The third kappa shape index (κ3) is 5.30. The molecular formula is C20H25NO3S. The molecule has 25 heavy (non-hydrogen) atoms. The first-order chi connectivity index (χ1) is 12.2. The molecule has 1 aliphatic carbocycles. The van der Waals surface area contributed by atoms with Crippen molar-refractivity contribution in [1.29, 1.82) is 0 Å². The van der Waals surface area contributed by atoms with Crippen LogP contribution < -0.4 is 5.32 Å². The first-order valence-corrected chi connectivity index (χ1v) is 10.4. The first kappa shape index (κ1) is 17.9. The lowest BCUT2D eigenvalue weighted by Gasteiger charge is -2.20. The molecular weight excluding hydrogens is 334 g/mol. The Balaban J connectivity index is 1.56. The SMILES string of the molecule is O=C(NC1CCCCCCC1)c1ccc(C[S@](=O)c2ccccc2)o1. The van der Waals surface area contributed by atoms with E-state index in [2.05, 4.69) is 5.32 Å². The fourth-order valence-corrected chi connectivity index (χ4v) is 4.26. The normalized spacial score (nSPS) is 17.4. The van der Waals surface area contributed by atoms with Crippen LogP contribution in [0.3, 0.4) is 0 Å². The Bertz CT molecular complexity index is 703. The van der Waals surface area contributed by atoms with Gasteiger partial charge in [-0.2, -0.15) is 0 Å². The van der Waals surface area contributed by atoms with Gasteiger partial charge in [0.2, 0.25) is 0 Å².